The van der Waals surface area contributed by atoms with E-state index >= 15 is 0 Å². The predicted molar refractivity (Wildman–Crippen MR) is 194 cm³/mol. The van der Waals surface area contributed by atoms with Crippen molar-refractivity contribution in [2.45, 2.75) is 13.1 Å². The number of H-pyrrole nitrogens is 2. The molecule has 0 saturated heterocycles. The molecule has 0 bridgehead atoms. The van der Waals surface area contributed by atoms with E-state index in [1.165, 1.54) is 12.1 Å². The van der Waals surface area contributed by atoms with Gasteiger partial charge in [-0.05, 0) is 41.5 Å². The summed E-state index contributed by atoms with van der Waals surface area (Å²) in [5, 5.41) is 26.9. The second-order valence-electron chi connectivity index (χ2n) is 11.7. The van der Waals surface area contributed by atoms with Crippen molar-refractivity contribution in [1.82, 2.24) is 29.5 Å². The van der Waals surface area contributed by atoms with Crippen LogP contribution in [-0.4, -0.2) is 34.5 Å². The standard InChI is InChI=1S/C19H14N4O3.C19H16N4O/c24-19-7-6-14(12-22(19)11-13-4-2-1-3-5-13)16-9-17-15(10-20-21-17)8-18(16)23(25)26;20-17-8-15-10-21-22-18(15)9-16(17)14-6-7-19(24)23(12-14)11-13-4-2-1-3-5-13/h1-10,12H,11H2,(H,20,21);1-10,12H,11,20H2,(H,21,22). The third kappa shape index (κ3) is 6.66. The van der Waals surface area contributed by atoms with E-state index in [1.807, 2.05) is 79.0 Å². The maximum atomic E-state index is 12.2. The lowest BCUT2D eigenvalue weighted by atomic mass is 10.0. The van der Waals surface area contributed by atoms with Crippen LogP contribution in [0.15, 0.2) is 144 Å². The zero-order chi connectivity index (χ0) is 34.6. The lowest BCUT2D eigenvalue weighted by Crippen LogP contribution is -2.19. The molecule has 4 aromatic carbocycles. The first-order valence-corrected chi connectivity index (χ1v) is 15.7. The second kappa shape index (κ2) is 13.6. The van der Waals surface area contributed by atoms with Crippen LogP contribution >= 0.6 is 0 Å². The predicted octanol–water partition coefficient (Wildman–Crippen LogP) is 6.37. The molecular weight excluding hydrogens is 632 g/mol. The Morgan fingerprint density at radius 3 is 1.64 bits per heavy atom. The summed E-state index contributed by atoms with van der Waals surface area (Å²) >= 11 is 0. The molecular formula is C38H30N8O4. The fraction of sp³-hybridized carbons (Fsp3) is 0.0526. The molecule has 0 spiro atoms. The van der Waals surface area contributed by atoms with Crippen LogP contribution in [0, 0.1) is 10.1 Å². The molecule has 0 aliphatic heterocycles. The summed E-state index contributed by atoms with van der Waals surface area (Å²) in [4.78, 5) is 35.5. The number of nitrogens with one attached hydrogen (secondary N) is 2. The zero-order valence-electron chi connectivity index (χ0n) is 26.6. The van der Waals surface area contributed by atoms with Gasteiger partial charge in [0.2, 0.25) is 0 Å². The van der Waals surface area contributed by atoms with Crippen LogP contribution in [0.25, 0.3) is 44.1 Å². The first-order chi connectivity index (χ1) is 24.3. The summed E-state index contributed by atoms with van der Waals surface area (Å²) in [6, 6.07) is 32.9. The molecule has 4 heterocycles. The van der Waals surface area contributed by atoms with Gasteiger partial charge in [-0.15, -0.1) is 0 Å². The third-order valence-corrected chi connectivity index (χ3v) is 8.34. The molecule has 12 heteroatoms. The summed E-state index contributed by atoms with van der Waals surface area (Å²) in [5.74, 6) is 0. The minimum atomic E-state index is -0.422. The lowest BCUT2D eigenvalue weighted by molar-refractivity contribution is -0.384. The number of nitro benzene ring substituents is 1. The summed E-state index contributed by atoms with van der Waals surface area (Å²) in [7, 11) is 0. The van der Waals surface area contributed by atoms with Gasteiger partial charge in [0.25, 0.3) is 16.8 Å². The number of aromatic amines is 2. The van der Waals surface area contributed by atoms with Crippen LogP contribution in [0.5, 0.6) is 0 Å². The van der Waals surface area contributed by atoms with Crippen LogP contribution < -0.4 is 16.9 Å². The van der Waals surface area contributed by atoms with Crippen LogP contribution in [-0.2, 0) is 13.1 Å². The number of anilines is 1. The second-order valence-corrected chi connectivity index (χ2v) is 11.7. The molecule has 8 rings (SSSR count). The molecule has 4 N–H and O–H groups in total. The van der Waals surface area contributed by atoms with Gasteiger partial charge in [-0.3, -0.25) is 29.9 Å². The maximum Gasteiger partial charge on any atom is 0.278 e. The quantitative estimate of drug-likeness (QED) is 0.101. The maximum absolute atomic E-state index is 12.2. The van der Waals surface area contributed by atoms with Gasteiger partial charge < -0.3 is 14.9 Å². The largest absolute Gasteiger partial charge is 0.398 e. The Hall–Kier alpha value is -7.08. The smallest absolute Gasteiger partial charge is 0.278 e. The normalized spacial score (nSPS) is 11.0. The minimum Gasteiger partial charge on any atom is -0.398 e. The molecule has 0 saturated carbocycles. The molecule has 0 radical (unpaired) electrons. The number of nitrogens with two attached hydrogens (primary N) is 1. The van der Waals surface area contributed by atoms with Crippen molar-refractivity contribution in [3.05, 3.63) is 176 Å². The molecule has 8 aromatic rings. The number of hydrogen-bond acceptors (Lipinski definition) is 7. The van der Waals surface area contributed by atoms with E-state index in [4.69, 9.17) is 5.73 Å². The molecule has 0 aliphatic rings. The van der Waals surface area contributed by atoms with Gasteiger partial charge in [0, 0.05) is 63.7 Å². The molecule has 50 heavy (non-hydrogen) atoms. The fourth-order valence-electron chi connectivity index (χ4n) is 5.81. The van der Waals surface area contributed by atoms with Crippen molar-refractivity contribution >= 4 is 33.2 Å². The van der Waals surface area contributed by atoms with Gasteiger partial charge in [0.05, 0.1) is 47.0 Å². The SMILES string of the molecule is Nc1cc2cn[nH]c2cc1-c1ccc(=O)n(Cc2ccccc2)c1.O=c1ccc(-c2cc3[nH]ncc3cc2[N+](=O)[O-])cn1Cc1ccccc1. The monoisotopic (exact) mass is 662 g/mol. The van der Waals surface area contributed by atoms with Crippen molar-refractivity contribution in [2.75, 3.05) is 5.73 Å². The molecule has 12 nitrogen and oxygen atoms in total. The van der Waals surface area contributed by atoms with Gasteiger partial charge in [0.1, 0.15) is 0 Å². The number of aromatic nitrogens is 6. The van der Waals surface area contributed by atoms with E-state index in [1.54, 1.807) is 52.0 Å². The topological polar surface area (TPSA) is 171 Å². The Balaban J connectivity index is 0.000000157. The summed E-state index contributed by atoms with van der Waals surface area (Å²) < 4.78 is 3.24. The molecule has 0 amide bonds. The third-order valence-electron chi connectivity index (χ3n) is 8.34. The summed E-state index contributed by atoms with van der Waals surface area (Å²) in [5.41, 5.74) is 13.1. The van der Waals surface area contributed by atoms with Gasteiger partial charge >= 0.3 is 0 Å². The Bertz CT molecular complexity index is 2590. The lowest BCUT2D eigenvalue weighted by Gasteiger charge is -2.10. The van der Waals surface area contributed by atoms with Crippen LogP contribution in [0.1, 0.15) is 11.1 Å². The van der Waals surface area contributed by atoms with Crippen molar-refractivity contribution in [2.24, 2.45) is 0 Å². The zero-order valence-corrected chi connectivity index (χ0v) is 26.6. The Morgan fingerprint density at radius 2 is 1.12 bits per heavy atom. The first kappa shape index (κ1) is 31.5. The summed E-state index contributed by atoms with van der Waals surface area (Å²) in [6.45, 7) is 0.924. The van der Waals surface area contributed by atoms with E-state index in [2.05, 4.69) is 20.4 Å². The molecule has 4 aromatic heterocycles. The van der Waals surface area contributed by atoms with Crippen molar-refractivity contribution in [3.63, 3.8) is 0 Å². The first-order valence-electron chi connectivity index (χ1n) is 15.7. The van der Waals surface area contributed by atoms with Crippen molar-refractivity contribution in [3.8, 4) is 22.3 Å². The molecule has 0 aliphatic carbocycles. The van der Waals surface area contributed by atoms with E-state index in [0.717, 1.165) is 33.2 Å². The van der Waals surface area contributed by atoms with E-state index in [9.17, 15) is 19.7 Å². The highest BCUT2D eigenvalue weighted by atomic mass is 16.6. The van der Waals surface area contributed by atoms with Crippen LogP contribution in [0.3, 0.4) is 0 Å². The fourth-order valence-corrected chi connectivity index (χ4v) is 5.81. The summed E-state index contributed by atoms with van der Waals surface area (Å²) in [6.07, 6.45) is 6.79. The van der Waals surface area contributed by atoms with Crippen LogP contribution in [0.4, 0.5) is 11.4 Å². The van der Waals surface area contributed by atoms with Crippen molar-refractivity contribution in [1.29, 1.82) is 0 Å². The average molecular weight is 663 g/mol. The number of benzene rings is 4. The number of pyridine rings is 2. The molecule has 0 fully saturated rings. The molecule has 0 atom stereocenters. The average Bonchev–Trinajstić information content (AvgIpc) is 3.79. The van der Waals surface area contributed by atoms with E-state index in [0.29, 0.717) is 40.8 Å². The Morgan fingerprint density at radius 1 is 0.640 bits per heavy atom. The Kier molecular flexibility index (Phi) is 8.55. The van der Waals surface area contributed by atoms with Crippen LogP contribution in [0.2, 0.25) is 0 Å². The highest BCUT2D eigenvalue weighted by Crippen LogP contribution is 2.33. The van der Waals surface area contributed by atoms with Gasteiger partial charge in [0.15, 0.2) is 0 Å². The van der Waals surface area contributed by atoms with E-state index < -0.39 is 4.92 Å². The highest BCUT2D eigenvalue weighted by Gasteiger charge is 2.18. The highest BCUT2D eigenvalue weighted by molar-refractivity contribution is 5.91. The molecule has 246 valence electrons. The number of hydrogen-bond donors (Lipinski definition) is 3. The number of nitrogens with zero attached hydrogens (tertiary/aromatic N) is 5. The number of fused-ring (bicyclic) bond motifs is 2. The Labute approximate surface area is 284 Å². The van der Waals surface area contributed by atoms with Gasteiger partial charge in [-0.1, -0.05) is 60.7 Å². The number of nitro groups is 1. The molecule has 0 unspecified atom stereocenters. The number of rotatable bonds is 7. The van der Waals surface area contributed by atoms with Crippen molar-refractivity contribution < 1.29 is 4.92 Å². The number of nitrogen functional groups attached to an aromatic ring is 1. The minimum absolute atomic E-state index is 0.0242. The van der Waals surface area contributed by atoms with Gasteiger partial charge in [-0.2, -0.15) is 10.2 Å². The van der Waals surface area contributed by atoms with Gasteiger partial charge in [-0.25, -0.2) is 0 Å². The van der Waals surface area contributed by atoms with E-state index in [-0.39, 0.29) is 16.8 Å².